The van der Waals surface area contributed by atoms with Gasteiger partial charge in [-0.1, -0.05) is 0 Å². The molecule has 2 aromatic heterocycles. The van der Waals surface area contributed by atoms with Gasteiger partial charge in [0.15, 0.2) is 0 Å². The number of nitrogens with zero attached hydrogens (tertiary/aromatic N) is 3. The van der Waals surface area contributed by atoms with Crippen molar-refractivity contribution in [2.24, 2.45) is 0 Å². The monoisotopic (exact) mass is 396 g/mol. The van der Waals surface area contributed by atoms with E-state index in [1.807, 2.05) is 17.6 Å². The minimum absolute atomic E-state index is 0.148. The second-order valence-electron chi connectivity index (χ2n) is 6.51. The lowest BCUT2D eigenvalue weighted by Gasteiger charge is -2.25. The lowest BCUT2D eigenvalue weighted by atomic mass is 9.85. The summed E-state index contributed by atoms with van der Waals surface area (Å²) in [6, 6.07) is 2.29. The Morgan fingerprint density at radius 3 is 2.88 bits per heavy atom. The third-order valence-corrected chi connectivity index (χ3v) is 5.19. The summed E-state index contributed by atoms with van der Waals surface area (Å²) >= 11 is 3.62. The molecule has 1 aliphatic carbocycles. The van der Waals surface area contributed by atoms with Crippen LogP contribution < -0.4 is 5.32 Å². The van der Waals surface area contributed by atoms with Gasteiger partial charge in [-0.25, -0.2) is 9.50 Å². The lowest BCUT2D eigenvalue weighted by molar-refractivity contribution is 0.121. The molecule has 0 aromatic carbocycles. The molecule has 0 aliphatic heterocycles. The first-order chi connectivity index (χ1) is 11.6. The number of aliphatic hydroxyl groups is 1. The zero-order chi connectivity index (χ0) is 17.1. The molecule has 6 nitrogen and oxygen atoms in total. The molecule has 2 aromatic rings. The highest BCUT2D eigenvalue weighted by molar-refractivity contribution is 9.10. The minimum Gasteiger partial charge on any atom is -0.393 e. The average molecular weight is 397 g/mol. The van der Waals surface area contributed by atoms with Crippen molar-refractivity contribution in [1.82, 2.24) is 14.6 Å². The maximum atomic E-state index is 9.74. The molecule has 1 saturated carbocycles. The molecular weight excluding hydrogens is 372 g/mol. The van der Waals surface area contributed by atoms with E-state index < -0.39 is 0 Å². The van der Waals surface area contributed by atoms with Crippen LogP contribution in [0.4, 0.5) is 5.95 Å². The summed E-state index contributed by atoms with van der Waals surface area (Å²) in [5.41, 5.74) is 2.16. The molecular formula is C17H25BrN4O2. The number of hydrogen-bond donors (Lipinski definition) is 2. The van der Waals surface area contributed by atoms with Crippen molar-refractivity contribution in [1.29, 1.82) is 0 Å². The molecule has 0 spiro atoms. The van der Waals surface area contributed by atoms with Crippen LogP contribution in [0.5, 0.6) is 0 Å². The Hall–Kier alpha value is -1.18. The molecule has 24 heavy (non-hydrogen) atoms. The normalized spacial score (nSPS) is 22.7. The number of fused-ring (bicyclic) bond motifs is 1. The van der Waals surface area contributed by atoms with Gasteiger partial charge < -0.3 is 15.2 Å². The standard InChI is InChI=1S/C17H25BrN4O2/c1-3-24-10-11(2)20-17-19-9-16-14(18)8-15(22(16)21-17)12-4-6-13(23)7-5-12/h8-9,11-13,23H,3-7,10H2,1-2H3,(H,20,21)/t11?,12-,13-. The van der Waals surface area contributed by atoms with E-state index in [9.17, 15) is 5.11 Å². The van der Waals surface area contributed by atoms with Crippen LogP contribution in [0.2, 0.25) is 0 Å². The van der Waals surface area contributed by atoms with Crippen LogP contribution in [0.15, 0.2) is 16.7 Å². The van der Waals surface area contributed by atoms with Crippen LogP contribution in [0.25, 0.3) is 5.52 Å². The highest BCUT2D eigenvalue weighted by Crippen LogP contribution is 2.36. The Morgan fingerprint density at radius 1 is 1.42 bits per heavy atom. The SMILES string of the molecule is CCOCC(C)Nc1ncc2c(Br)cc([C@H]3CC[C@H](O)CC3)n2n1. The predicted octanol–water partition coefficient (Wildman–Crippen LogP) is 3.35. The van der Waals surface area contributed by atoms with Crippen molar-refractivity contribution in [2.45, 2.75) is 57.6 Å². The lowest BCUT2D eigenvalue weighted by Crippen LogP contribution is -2.24. The molecule has 0 amide bonds. The zero-order valence-corrected chi connectivity index (χ0v) is 15.8. The van der Waals surface area contributed by atoms with Crippen LogP contribution in [-0.2, 0) is 4.74 Å². The third kappa shape index (κ3) is 3.90. The Labute approximate surface area is 150 Å². The summed E-state index contributed by atoms with van der Waals surface area (Å²) in [4.78, 5) is 4.42. The number of aromatic nitrogens is 3. The fraction of sp³-hybridized carbons (Fsp3) is 0.647. The van der Waals surface area contributed by atoms with E-state index in [-0.39, 0.29) is 12.1 Å². The van der Waals surface area contributed by atoms with Gasteiger partial charge in [0.1, 0.15) is 0 Å². The largest absolute Gasteiger partial charge is 0.393 e. The molecule has 0 saturated heterocycles. The van der Waals surface area contributed by atoms with Gasteiger partial charge in [-0.3, -0.25) is 0 Å². The third-order valence-electron chi connectivity index (χ3n) is 4.56. The van der Waals surface area contributed by atoms with Crippen LogP contribution in [0.1, 0.15) is 51.1 Å². The van der Waals surface area contributed by atoms with Gasteiger partial charge in [0, 0.05) is 28.7 Å². The molecule has 7 heteroatoms. The van der Waals surface area contributed by atoms with Gasteiger partial charge in [-0.05, 0) is 61.5 Å². The summed E-state index contributed by atoms with van der Waals surface area (Å²) in [5, 5.41) is 17.7. The molecule has 132 valence electrons. The summed E-state index contributed by atoms with van der Waals surface area (Å²) in [5.74, 6) is 1.03. The van der Waals surface area contributed by atoms with Crippen LogP contribution in [0.3, 0.4) is 0 Å². The van der Waals surface area contributed by atoms with Gasteiger partial charge >= 0.3 is 0 Å². The summed E-state index contributed by atoms with van der Waals surface area (Å²) in [6.45, 7) is 5.37. The predicted molar refractivity (Wildman–Crippen MR) is 97.5 cm³/mol. The Balaban J connectivity index is 1.83. The highest BCUT2D eigenvalue weighted by atomic mass is 79.9. The summed E-state index contributed by atoms with van der Waals surface area (Å²) in [7, 11) is 0. The van der Waals surface area contributed by atoms with Gasteiger partial charge in [-0.2, -0.15) is 0 Å². The van der Waals surface area contributed by atoms with Gasteiger partial charge in [0.05, 0.1) is 24.4 Å². The molecule has 2 heterocycles. The van der Waals surface area contributed by atoms with E-state index in [0.29, 0.717) is 25.1 Å². The van der Waals surface area contributed by atoms with Crippen molar-refractivity contribution in [3.8, 4) is 0 Å². The van der Waals surface area contributed by atoms with E-state index in [1.54, 1.807) is 0 Å². The topological polar surface area (TPSA) is 71.7 Å². The van der Waals surface area contributed by atoms with E-state index in [2.05, 4.69) is 44.3 Å². The molecule has 3 rings (SSSR count). The molecule has 0 radical (unpaired) electrons. The first-order valence-corrected chi connectivity index (χ1v) is 9.44. The van der Waals surface area contributed by atoms with E-state index in [0.717, 1.165) is 35.7 Å². The Kier molecular flexibility index (Phi) is 5.73. The number of anilines is 1. The molecule has 1 atom stereocenters. The first-order valence-electron chi connectivity index (χ1n) is 8.65. The number of nitrogens with one attached hydrogen (secondary N) is 1. The highest BCUT2D eigenvalue weighted by Gasteiger charge is 2.24. The zero-order valence-electron chi connectivity index (χ0n) is 14.2. The fourth-order valence-electron chi connectivity index (χ4n) is 3.26. The van der Waals surface area contributed by atoms with Crippen LogP contribution >= 0.6 is 15.9 Å². The molecule has 1 unspecified atom stereocenters. The van der Waals surface area contributed by atoms with E-state index >= 15 is 0 Å². The minimum atomic E-state index is -0.151. The number of ether oxygens (including phenoxy) is 1. The molecule has 0 bridgehead atoms. The second-order valence-corrected chi connectivity index (χ2v) is 7.36. The average Bonchev–Trinajstić information content (AvgIpc) is 2.90. The van der Waals surface area contributed by atoms with E-state index in [1.165, 1.54) is 5.69 Å². The maximum Gasteiger partial charge on any atom is 0.241 e. The van der Waals surface area contributed by atoms with Crippen molar-refractivity contribution >= 4 is 27.4 Å². The smallest absolute Gasteiger partial charge is 0.241 e. The van der Waals surface area contributed by atoms with Gasteiger partial charge in [-0.15, -0.1) is 5.10 Å². The number of aliphatic hydroxyl groups excluding tert-OH is 1. The fourth-order valence-corrected chi connectivity index (χ4v) is 3.77. The number of rotatable bonds is 6. The number of halogens is 1. The van der Waals surface area contributed by atoms with Crippen LogP contribution in [0, 0.1) is 0 Å². The Morgan fingerprint density at radius 2 is 2.17 bits per heavy atom. The van der Waals surface area contributed by atoms with Gasteiger partial charge in [0.25, 0.3) is 0 Å². The summed E-state index contributed by atoms with van der Waals surface area (Å²) in [6.07, 6.45) is 5.39. The van der Waals surface area contributed by atoms with Gasteiger partial charge in [0.2, 0.25) is 5.95 Å². The molecule has 2 N–H and O–H groups in total. The molecule has 1 aliphatic rings. The Bertz CT molecular complexity index is 683. The maximum absolute atomic E-state index is 9.74. The summed E-state index contributed by atoms with van der Waals surface area (Å²) < 4.78 is 8.42. The number of hydrogen-bond acceptors (Lipinski definition) is 5. The first kappa shape index (κ1) is 17.6. The quantitative estimate of drug-likeness (QED) is 0.782. The van der Waals surface area contributed by atoms with Crippen molar-refractivity contribution in [3.05, 3.63) is 22.4 Å². The van der Waals surface area contributed by atoms with Crippen molar-refractivity contribution < 1.29 is 9.84 Å². The van der Waals surface area contributed by atoms with Crippen molar-refractivity contribution in [3.63, 3.8) is 0 Å². The van der Waals surface area contributed by atoms with Crippen LogP contribution in [-0.4, -0.2) is 45.1 Å². The second kappa shape index (κ2) is 7.80. The molecule has 1 fully saturated rings. The van der Waals surface area contributed by atoms with Crippen molar-refractivity contribution in [2.75, 3.05) is 18.5 Å². The van der Waals surface area contributed by atoms with E-state index in [4.69, 9.17) is 4.74 Å².